The van der Waals surface area contributed by atoms with E-state index in [0.29, 0.717) is 0 Å². The number of nitrogens with two attached hydrogens (primary N) is 1. The fraction of sp³-hybridized carbons (Fsp3) is 0.375. The Morgan fingerprint density at radius 3 is 2.83 bits per heavy atom. The molecule has 12 heavy (non-hydrogen) atoms. The molecule has 0 aliphatic heterocycles. The van der Waals surface area contributed by atoms with E-state index in [1.165, 1.54) is 16.2 Å². The van der Waals surface area contributed by atoms with Crippen LogP contribution in [0, 0.1) is 0 Å². The molecule has 1 aromatic heterocycles. The third kappa shape index (κ3) is 2.06. The van der Waals surface area contributed by atoms with Crippen molar-refractivity contribution in [3.63, 3.8) is 0 Å². The Hall–Kier alpha value is -0.380. The number of hydrogen-bond donors (Lipinski definition) is 1. The van der Waals surface area contributed by atoms with Gasteiger partial charge in [-0.3, -0.25) is 4.79 Å². The van der Waals surface area contributed by atoms with E-state index in [9.17, 15) is 4.79 Å². The van der Waals surface area contributed by atoms with Crippen molar-refractivity contribution in [1.29, 1.82) is 0 Å². The highest BCUT2D eigenvalue weighted by Gasteiger charge is 2.14. The van der Waals surface area contributed by atoms with Crippen molar-refractivity contribution < 1.29 is 4.79 Å². The molecule has 4 heteroatoms. The Labute approximate surface area is 80.3 Å². The molecule has 0 aliphatic rings. The maximum atomic E-state index is 10.7. The van der Waals surface area contributed by atoms with Crippen molar-refractivity contribution in [2.24, 2.45) is 5.73 Å². The highest BCUT2D eigenvalue weighted by Crippen LogP contribution is 2.23. The Morgan fingerprint density at radius 2 is 2.42 bits per heavy atom. The standard InChI is InChI=1S/C8H10ClNOS/c1-2-5-3-4-6(12-5)7(10)8(9)11/h3-4,7H,2,10H2,1H3. The fourth-order valence-corrected chi connectivity index (χ4v) is 2.00. The predicted molar refractivity (Wildman–Crippen MR) is 51.5 cm³/mol. The molecular formula is C8H10ClNOS. The molecule has 2 nitrogen and oxygen atoms in total. The SMILES string of the molecule is CCc1ccc(C(N)C(=O)Cl)s1. The topological polar surface area (TPSA) is 43.1 Å². The molecule has 0 aliphatic carbocycles. The average Bonchev–Trinajstić information content (AvgIpc) is 2.50. The molecule has 1 atom stereocenters. The van der Waals surface area contributed by atoms with E-state index >= 15 is 0 Å². The van der Waals surface area contributed by atoms with Crippen molar-refractivity contribution in [1.82, 2.24) is 0 Å². The van der Waals surface area contributed by atoms with Crippen LogP contribution in [-0.4, -0.2) is 5.24 Å². The molecule has 0 fully saturated rings. The van der Waals surface area contributed by atoms with Crippen LogP contribution in [0.15, 0.2) is 12.1 Å². The minimum atomic E-state index is -0.656. The summed E-state index contributed by atoms with van der Waals surface area (Å²) < 4.78 is 0. The summed E-state index contributed by atoms with van der Waals surface area (Å²) in [5.41, 5.74) is 5.53. The molecule has 2 N–H and O–H groups in total. The maximum absolute atomic E-state index is 10.7. The number of halogens is 1. The Kier molecular flexibility index (Phi) is 3.26. The van der Waals surface area contributed by atoms with E-state index in [2.05, 4.69) is 6.92 Å². The summed E-state index contributed by atoms with van der Waals surface area (Å²) in [6, 6.07) is 3.17. The molecule has 0 saturated carbocycles. The number of thiophene rings is 1. The molecule has 0 saturated heterocycles. The van der Waals surface area contributed by atoms with Gasteiger partial charge in [-0.05, 0) is 30.2 Å². The molecule has 0 aromatic carbocycles. The van der Waals surface area contributed by atoms with Gasteiger partial charge in [-0.25, -0.2) is 0 Å². The van der Waals surface area contributed by atoms with Crippen molar-refractivity contribution in [2.75, 3.05) is 0 Å². The number of carbonyl (C=O) groups excluding carboxylic acids is 1. The van der Waals surface area contributed by atoms with Crippen molar-refractivity contribution in [3.8, 4) is 0 Å². The van der Waals surface area contributed by atoms with Gasteiger partial charge in [0.05, 0.1) is 0 Å². The van der Waals surface area contributed by atoms with Crippen LogP contribution in [-0.2, 0) is 11.2 Å². The first-order valence-electron chi connectivity index (χ1n) is 3.68. The molecule has 0 spiro atoms. The highest BCUT2D eigenvalue weighted by atomic mass is 35.5. The molecule has 0 radical (unpaired) electrons. The van der Waals surface area contributed by atoms with Crippen LogP contribution < -0.4 is 5.73 Å². The lowest BCUT2D eigenvalue weighted by molar-refractivity contribution is -0.112. The number of hydrogen-bond acceptors (Lipinski definition) is 3. The van der Waals surface area contributed by atoms with Gasteiger partial charge >= 0.3 is 0 Å². The lowest BCUT2D eigenvalue weighted by Gasteiger charge is -2.00. The monoisotopic (exact) mass is 203 g/mol. The fourth-order valence-electron chi connectivity index (χ4n) is 0.864. The van der Waals surface area contributed by atoms with E-state index in [0.717, 1.165) is 11.3 Å². The van der Waals surface area contributed by atoms with Crippen LogP contribution in [0.5, 0.6) is 0 Å². The first kappa shape index (κ1) is 9.71. The minimum Gasteiger partial charge on any atom is -0.316 e. The molecule has 1 rings (SSSR count). The summed E-state index contributed by atoms with van der Waals surface area (Å²) in [6.07, 6.45) is 0.966. The second kappa shape index (κ2) is 4.03. The molecule has 1 aromatic rings. The largest absolute Gasteiger partial charge is 0.316 e. The predicted octanol–water partition coefficient (Wildman–Crippen LogP) is 2.08. The van der Waals surface area contributed by atoms with Crippen LogP contribution in [0.2, 0.25) is 0 Å². The summed E-state index contributed by atoms with van der Waals surface area (Å²) in [6.45, 7) is 2.06. The summed E-state index contributed by atoms with van der Waals surface area (Å²) in [4.78, 5) is 12.7. The van der Waals surface area contributed by atoms with Crippen LogP contribution in [0.1, 0.15) is 22.7 Å². The summed E-state index contributed by atoms with van der Waals surface area (Å²) in [7, 11) is 0. The van der Waals surface area contributed by atoms with Gasteiger partial charge in [0.15, 0.2) is 0 Å². The van der Waals surface area contributed by atoms with Crippen LogP contribution >= 0.6 is 22.9 Å². The van der Waals surface area contributed by atoms with E-state index < -0.39 is 11.3 Å². The molecule has 0 bridgehead atoms. The average molecular weight is 204 g/mol. The van der Waals surface area contributed by atoms with Crippen LogP contribution in [0.25, 0.3) is 0 Å². The lowest BCUT2D eigenvalue weighted by Crippen LogP contribution is -2.15. The Balaban J connectivity index is 2.81. The zero-order valence-electron chi connectivity index (χ0n) is 6.71. The van der Waals surface area contributed by atoms with Crippen molar-refractivity contribution in [2.45, 2.75) is 19.4 Å². The molecule has 0 amide bonds. The number of rotatable bonds is 3. The van der Waals surface area contributed by atoms with E-state index in [1.807, 2.05) is 12.1 Å². The Bertz CT molecular complexity index is 284. The van der Waals surface area contributed by atoms with E-state index in [1.54, 1.807) is 0 Å². The van der Waals surface area contributed by atoms with Gasteiger partial charge in [-0.15, -0.1) is 11.3 Å². The zero-order valence-corrected chi connectivity index (χ0v) is 8.28. The minimum absolute atomic E-state index is 0.500. The molecule has 66 valence electrons. The smallest absolute Gasteiger partial charge is 0.243 e. The van der Waals surface area contributed by atoms with Crippen molar-refractivity contribution >= 4 is 28.2 Å². The van der Waals surface area contributed by atoms with Crippen LogP contribution in [0.4, 0.5) is 0 Å². The lowest BCUT2D eigenvalue weighted by atomic mass is 10.3. The normalized spacial score (nSPS) is 12.9. The third-order valence-corrected chi connectivity index (χ3v) is 3.13. The first-order chi connectivity index (χ1) is 5.65. The summed E-state index contributed by atoms with van der Waals surface area (Å²) in [5.74, 6) is 0. The van der Waals surface area contributed by atoms with E-state index in [4.69, 9.17) is 17.3 Å². The van der Waals surface area contributed by atoms with Gasteiger partial charge in [-0.1, -0.05) is 6.92 Å². The Morgan fingerprint density at radius 1 is 1.75 bits per heavy atom. The van der Waals surface area contributed by atoms with Gasteiger partial charge < -0.3 is 5.73 Å². The van der Waals surface area contributed by atoms with E-state index in [-0.39, 0.29) is 0 Å². The zero-order chi connectivity index (χ0) is 9.14. The van der Waals surface area contributed by atoms with Crippen LogP contribution in [0.3, 0.4) is 0 Å². The second-order valence-corrected chi connectivity index (χ2v) is 4.01. The summed E-state index contributed by atoms with van der Waals surface area (Å²) >= 11 is 6.80. The summed E-state index contributed by atoms with van der Waals surface area (Å²) in [5, 5.41) is -0.500. The maximum Gasteiger partial charge on any atom is 0.243 e. The number of aryl methyl sites for hydroxylation is 1. The molecule has 1 unspecified atom stereocenters. The van der Waals surface area contributed by atoms with Crippen molar-refractivity contribution in [3.05, 3.63) is 21.9 Å². The second-order valence-electron chi connectivity index (χ2n) is 2.44. The molecule has 1 heterocycles. The van der Waals surface area contributed by atoms with Gasteiger partial charge in [0.1, 0.15) is 6.04 Å². The first-order valence-corrected chi connectivity index (χ1v) is 4.88. The highest BCUT2D eigenvalue weighted by molar-refractivity contribution is 7.12. The third-order valence-electron chi connectivity index (χ3n) is 1.58. The van der Waals surface area contributed by atoms with Gasteiger partial charge in [0.2, 0.25) is 5.24 Å². The van der Waals surface area contributed by atoms with Gasteiger partial charge in [0, 0.05) is 9.75 Å². The number of carbonyl (C=O) groups is 1. The van der Waals surface area contributed by atoms with Gasteiger partial charge in [0.25, 0.3) is 0 Å². The van der Waals surface area contributed by atoms with Gasteiger partial charge in [-0.2, -0.15) is 0 Å². The quantitative estimate of drug-likeness (QED) is 0.765. The molecular weight excluding hydrogens is 194 g/mol.